The van der Waals surface area contributed by atoms with E-state index in [-0.39, 0.29) is 29.1 Å². The Kier molecular flexibility index (Phi) is 4.38. The lowest BCUT2D eigenvalue weighted by Gasteiger charge is -2.38. The van der Waals surface area contributed by atoms with Crippen LogP contribution in [0.4, 0.5) is 5.69 Å². The first-order valence-electron chi connectivity index (χ1n) is 8.15. The molecule has 1 aromatic carbocycles. The molecule has 6 nitrogen and oxygen atoms in total. The van der Waals surface area contributed by atoms with Crippen molar-refractivity contribution in [3.8, 4) is 0 Å². The van der Waals surface area contributed by atoms with Gasteiger partial charge in [-0.3, -0.25) is 9.59 Å². The molecule has 0 aromatic heterocycles. The van der Waals surface area contributed by atoms with Gasteiger partial charge in [-0.15, -0.1) is 0 Å². The summed E-state index contributed by atoms with van der Waals surface area (Å²) in [5, 5.41) is 2.34. The number of nitrogens with one attached hydrogen (secondary N) is 1. The lowest BCUT2D eigenvalue weighted by Crippen LogP contribution is -2.49. The van der Waals surface area contributed by atoms with Gasteiger partial charge in [0.25, 0.3) is 5.91 Å². The van der Waals surface area contributed by atoms with E-state index in [0.29, 0.717) is 24.1 Å². The van der Waals surface area contributed by atoms with Crippen LogP contribution in [0.25, 0.3) is 0 Å². The molecule has 3 rings (SSSR count). The first-order chi connectivity index (χ1) is 11.3. The Bertz CT molecular complexity index is 743. The van der Waals surface area contributed by atoms with Gasteiger partial charge in [0.15, 0.2) is 0 Å². The van der Waals surface area contributed by atoms with E-state index in [0.717, 1.165) is 12.8 Å². The third kappa shape index (κ3) is 3.31. The first-order valence-corrected chi connectivity index (χ1v) is 10.1. The molecule has 2 atom stereocenters. The number of carbonyl (C=O) groups is 2. The smallest absolute Gasteiger partial charge is 0.254 e. The molecule has 7 heteroatoms. The summed E-state index contributed by atoms with van der Waals surface area (Å²) in [4.78, 5) is 25.8. The standard InChI is InChI=1S/C17H22N2O4S/c1-11(20)18-13-5-3-12(4-6-13)17(21)19-14-7-8-15(19)10-16(9-14)24(2,22)23/h3-6,14-16H,7-10H2,1-2H3,(H,18,20)/t14-,15-/m0/s1. The summed E-state index contributed by atoms with van der Waals surface area (Å²) in [7, 11) is -3.06. The van der Waals surface area contributed by atoms with Crippen molar-refractivity contribution in [2.24, 2.45) is 0 Å². The average molecular weight is 350 g/mol. The minimum Gasteiger partial charge on any atom is -0.333 e. The van der Waals surface area contributed by atoms with E-state index < -0.39 is 9.84 Å². The van der Waals surface area contributed by atoms with E-state index >= 15 is 0 Å². The summed E-state index contributed by atoms with van der Waals surface area (Å²) < 4.78 is 23.7. The second-order valence-electron chi connectivity index (χ2n) is 6.78. The second kappa shape index (κ2) is 6.20. The molecule has 0 radical (unpaired) electrons. The van der Waals surface area contributed by atoms with Crippen LogP contribution in [0.5, 0.6) is 0 Å². The zero-order valence-corrected chi connectivity index (χ0v) is 14.7. The van der Waals surface area contributed by atoms with Crippen LogP contribution in [0, 0.1) is 0 Å². The van der Waals surface area contributed by atoms with Crippen LogP contribution in [0.1, 0.15) is 43.0 Å². The number of amides is 2. The fourth-order valence-electron chi connectivity index (χ4n) is 3.86. The van der Waals surface area contributed by atoms with Gasteiger partial charge in [0.1, 0.15) is 9.84 Å². The lowest BCUT2D eigenvalue weighted by molar-refractivity contribution is -0.114. The van der Waals surface area contributed by atoms with E-state index in [9.17, 15) is 18.0 Å². The Hall–Kier alpha value is -1.89. The highest BCUT2D eigenvalue weighted by Crippen LogP contribution is 2.39. The van der Waals surface area contributed by atoms with Gasteiger partial charge in [-0.05, 0) is 49.9 Å². The molecule has 0 unspecified atom stereocenters. The molecule has 0 spiro atoms. The van der Waals surface area contributed by atoms with Gasteiger partial charge in [-0.1, -0.05) is 0 Å². The molecule has 2 amide bonds. The Balaban J connectivity index is 1.75. The molecule has 0 aliphatic carbocycles. The van der Waals surface area contributed by atoms with E-state index in [1.165, 1.54) is 13.2 Å². The van der Waals surface area contributed by atoms with Crippen molar-refractivity contribution in [3.05, 3.63) is 29.8 Å². The van der Waals surface area contributed by atoms with Crippen molar-refractivity contribution in [1.82, 2.24) is 4.90 Å². The van der Waals surface area contributed by atoms with E-state index in [2.05, 4.69) is 5.32 Å². The maximum Gasteiger partial charge on any atom is 0.254 e. The number of carbonyl (C=O) groups excluding carboxylic acids is 2. The summed E-state index contributed by atoms with van der Waals surface area (Å²) >= 11 is 0. The molecule has 130 valence electrons. The van der Waals surface area contributed by atoms with Crippen LogP contribution >= 0.6 is 0 Å². The molecule has 2 aliphatic rings. The Morgan fingerprint density at radius 3 is 2.08 bits per heavy atom. The average Bonchev–Trinajstić information content (AvgIpc) is 2.75. The predicted molar refractivity (Wildman–Crippen MR) is 91.6 cm³/mol. The third-order valence-corrected chi connectivity index (χ3v) is 6.58. The first kappa shape index (κ1) is 17.0. The van der Waals surface area contributed by atoms with Crippen LogP contribution in [-0.2, 0) is 14.6 Å². The van der Waals surface area contributed by atoms with Crippen LogP contribution in [0.2, 0.25) is 0 Å². The molecule has 1 aromatic rings. The molecule has 2 aliphatic heterocycles. The number of anilines is 1. The minimum absolute atomic E-state index is 0.00555. The number of hydrogen-bond acceptors (Lipinski definition) is 4. The summed E-state index contributed by atoms with van der Waals surface area (Å²) in [5.74, 6) is -0.209. The predicted octanol–water partition coefficient (Wildman–Crippen LogP) is 1.83. The van der Waals surface area contributed by atoms with Gasteiger partial charge in [0, 0.05) is 36.5 Å². The molecule has 24 heavy (non-hydrogen) atoms. The molecule has 2 heterocycles. The van der Waals surface area contributed by atoms with Crippen molar-refractivity contribution < 1.29 is 18.0 Å². The summed E-state index contributed by atoms with van der Waals surface area (Å²) in [6.45, 7) is 1.43. The fourth-order valence-corrected chi connectivity index (χ4v) is 5.00. The lowest BCUT2D eigenvalue weighted by atomic mass is 10.0. The summed E-state index contributed by atoms with van der Waals surface area (Å²) in [6.07, 6.45) is 4.09. The Morgan fingerprint density at radius 2 is 1.62 bits per heavy atom. The van der Waals surface area contributed by atoms with E-state index in [1.807, 2.05) is 4.90 Å². The van der Waals surface area contributed by atoms with Crippen LogP contribution < -0.4 is 5.32 Å². The number of hydrogen-bond donors (Lipinski definition) is 1. The molecular formula is C17H22N2O4S. The van der Waals surface area contributed by atoms with Crippen molar-refractivity contribution in [2.75, 3.05) is 11.6 Å². The fraction of sp³-hybridized carbons (Fsp3) is 0.529. The monoisotopic (exact) mass is 350 g/mol. The maximum atomic E-state index is 12.8. The third-order valence-electron chi connectivity index (χ3n) is 4.98. The van der Waals surface area contributed by atoms with Crippen molar-refractivity contribution in [1.29, 1.82) is 0 Å². The highest BCUT2D eigenvalue weighted by molar-refractivity contribution is 7.91. The number of fused-ring (bicyclic) bond motifs is 2. The maximum absolute atomic E-state index is 12.8. The zero-order valence-electron chi connectivity index (χ0n) is 13.9. The molecule has 2 fully saturated rings. The van der Waals surface area contributed by atoms with E-state index in [4.69, 9.17) is 0 Å². The molecule has 2 saturated heterocycles. The zero-order chi connectivity index (χ0) is 17.5. The number of benzene rings is 1. The Labute approximate surface area is 142 Å². The highest BCUT2D eigenvalue weighted by atomic mass is 32.2. The normalized spacial score (nSPS) is 26.2. The SMILES string of the molecule is CC(=O)Nc1ccc(C(=O)N2[C@H]3CC[C@H]2CC(S(C)(=O)=O)C3)cc1. The quantitative estimate of drug-likeness (QED) is 0.901. The van der Waals surface area contributed by atoms with Crippen molar-refractivity contribution in [3.63, 3.8) is 0 Å². The van der Waals surface area contributed by atoms with Crippen molar-refractivity contribution in [2.45, 2.75) is 49.9 Å². The topological polar surface area (TPSA) is 83.6 Å². The number of sulfone groups is 1. The van der Waals surface area contributed by atoms with Gasteiger partial charge in [0.2, 0.25) is 5.91 Å². The minimum atomic E-state index is -3.06. The van der Waals surface area contributed by atoms with Crippen molar-refractivity contribution >= 4 is 27.3 Å². The van der Waals surface area contributed by atoms with Crippen LogP contribution in [-0.4, -0.2) is 48.7 Å². The Morgan fingerprint density at radius 1 is 1.08 bits per heavy atom. The van der Waals surface area contributed by atoms with Gasteiger partial charge >= 0.3 is 0 Å². The summed E-state index contributed by atoms with van der Waals surface area (Å²) in [5.41, 5.74) is 1.22. The number of nitrogens with zero attached hydrogens (tertiary/aromatic N) is 1. The van der Waals surface area contributed by atoms with Crippen LogP contribution in [0.3, 0.4) is 0 Å². The molecular weight excluding hydrogens is 328 g/mol. The van der Waals surface area contributed by atoms with Gasteiger partial charge < -0.3 is 10.2 Å². The largest absolute Gasteiger partial charge is 0.333 e. The van der Waals surface area contributed by atoms with Gasteiger partial charge in [0.05, 0.1) is 5.25 Å². The summed E-state index contributed by atoms with van der Waals surface area (Å²) in [6, 6.07) is 6.84. The molecule has 2 bridgehead atoms. The molecule has 0 saturated carbocycles. The van der Waals surface area contributed by atoms with E-state index in [1.54, 1.807) is 24.3 Å². The number of piperidine rings is 1. The van der Waals surface area contributed by atoms with Gasteiger partial charge in [-0.25, -0.2) is 8.42 Å². The highest BCUT2D eigenvalue weighted by Gasteiger charge is 2.45. The molecule has 1 N–H and O–H groups in total. The number of rotatable bonds is 3. The van der Waals surface area contributed by atoms with Gasteiger partial charge in [-0.2, -0.15) is 0 Å². The second-order valence-corrected chi connectivity index (χ2v) is 9.10. The van der Waals surface area contributed by atoms with Crippen LogP contribution in [0.15, 0.2) is 24.3 Å².